The van der Waals surface area contributed by atoms with Crippen LogP contribution in [0.25, 0.3) is 11.5 Å². The Bertz CT molecular complexity index is 403. The minimum absolute atomic E-state index is 0.644. The molecule has 0 fully saturated rings. The Labute approximate surface area is 75.2 Å². The lowest BCUT2D eigenvalue weighted by Crippen LogP contribution is -1.94. The van der Waals surface area contributed by atoms with Gasteiger partial charge in [-0.15, -0.1) is 10.2 Å². The van der Waals surface area contributed by atoms with Crippen molar-refractivity contribution in [3.05, 3.63) is 24.7 Å². The van der Waals surface area contributed by atoms with E-state index in [1.54, 1.807) is 23.2 Å². The van der Waals surface area contributed by atoms with Crippen molar-refractivity contribution in [1.29, 1.82) is 0 Å². The molecule has 0 amide bonds. The van der Waals surface area contributed by atoms with Crippen molar-refractivity contribution in [3.8, 4) is 11.5 Å². The van der Waals surface area contributed by atoms with E-state index >= 15 is 0 Å². The van der Waals surface area contributed by atoms with Gasteiger partial charge in [-0.25, -0.2) is 0 Å². The molecular weight excluding hydrogens is 166 g/mol. The minimum Gasteiger partial charge on any atom is -0.397 e. The van der Waals surface area contributed by atoms with Gasteiger partial charge in [0, 0.05) is 7.05 Å². The van der Waals surface area contributed by atoms with Crippen LogP contribution in [0.3, 0.4) is 0 Å². The normalized spacial score (nSPS) is 10.2. The minimum atomic E-state index is 0.644. The summed E-state index contributed by atoms with van der Waals surface area (Å²) in [5, 5.41) is 7.69. The second-order valence-electron chi connectivity index (χ2n) is 2.74. The van der Waals surface area contributed by atoms with E-state index in [4.69, 9.17) is 5.73 Å². The molecule has 2 N–H and O–H groups in total. The van der Waals surface area contributed by atoms with Crippen LogP contribution >= 0.6 is 0 Å². The van der Waals surface area contributed by atoms with Crippen molar-refractivity contribution in [2.45, 2.75) is 0 Å². The van der Waals surface area contributed by atoms with Gasteiger partial charge in [0.25, 0.3) is 0 Å². The van der Waals surface area contributed by atoms with Crippen LogP contribution < -0.4 is 5.73 Å². The van der Waals surface area contributed by atoms with Crippen LogP contribution in [0.15, 0.2) is 24.7 Å². The van der Waals surface area contributed by atoms with Crippen molar-refractivity contribution in [3.63, 3.8) is 0 Å². The summed E-state index contributed by atoms with van der Waals surface area (Å²) >= 11 is 0. The molecule has 2 aromatic heterocycles. The second kappa shape index (κ2) is 2.85. The average Bonchev–Trinajstić information content (AvgIpc) is 2.53. The third-order valence-electron chi connectivity index (χ3n) is 1.73. The van der Waals surface area contributed by atoms with Crippen molar-refractivity contribution < 1.29 is 0 Å². The maximum absolute atomic E-state index is 5.51. The summed E-state index contributed by atoms with van der Waals surface area (Å²) in [5.41, 5.74) is 6.93. The predicted octanol–water partition coefficient (Wildman–Crippen LogP) is 0.459. The van der Waals surface area contributed by atoms with Crippen LogP contribution in [0, 0.1) is 0 Å². The van der Waals surface area contributed by atoms with Crippen LogP contribution in [0.2, 0.25) is 0 Å². The summed E-state index contributed by atoms with van der Waals surface area (Å²) in [4.78, 5) is 4.13. The zero-order valence-electron chi connectivity index (χ0n) is 7.18. The number of pyridine rings is 1. The Hall–Kier alpha value is -1.91. The standard InChI is InChI=1S/C8H9N5/c1-13-5-11-12-8(13)7-3-2-6(9)4-10-7/h2-5H,9H2,1H3. The largest absolute Gasteiger partial charge is 0.397 e. The highest BCUT2D eigenvalue weighted by Crippen LogP contribution is 2.12. The number of aryl methyl sites for hydroxylation is 1. The van der Waals surface area contributed by atoms with Gasteiger partial charge < -0.3 is 10.3 Å². The van der Waals surface area contributed by atoms with Gasteiger partial charge >= 0.3 is 0 Å². The molecule has 0 saturated carbocycles. The van der Waals surface area contributed by atoms with Gasteiger partial charge in [0.05, 0.1) is 11.9 Å². The fraction of sp³-hybridized carbons (Fsp3) is 0.125. The number of hydrogen-bond donors (Lipinski definition) is 1. The fourth-order valence-electron chi connectivity index (χ4n) is 1.05. The molecule has 0 atom stereocenters. The van der Waals surface area contributed by atoms with E-state index in [2.05, 4.69) is 15.2 Å². The molecule has 0 spiro atoms. The number of nitrogen functional groups attached to an aromatic ring is 1. The summed E-state index contributed by atoms with van der Waals surface area (Å²) < 4.78 is 1.80. The number of nitrogens with zero attached hydrogens (tertiary/aromatic N) is 4. The maximum atomic E-state index is 5.51. The molecule has 0 aliphatic rings. The van der Waals surface area contributed by atoms with Gasteiger partial charge in [0.1, 0.15) is 12.0 Å². The lowest BCUT2D eigenvalue weighted by Gasteiger charge is -1.98. The third-order valence-corrected chi connectivity index (χ3v) is 1.73. The molecule has 66 valence electrons. The highest BCUT2D eigenvalue weighted by atomic mass is 15.3. The van der Waals surface area contributed by atoms with Crippen LogP contribution in [0.4, 0.5) is 5.69 Å². The first kappa shape index (κ1) is 7.72. The van der Waals surface area contributed by atoms with Crippen LogP contribution in [-0.4, -0.2) is 19.7 Å². The fourth-order valence-corrected chi connectivity index (χ4v) is 1.05. The van der Waals surface area contributed by atoms with Crippen LogP contribution in [0.5, 0.6) is 0 Å². The molecule has 0 aliphatic heterocycles. The number of hydrogen-bond acceptors (Lipinski definition) is 4. The summed E-state index contributed by atoms with van der Waals surface area (Å²) in [7, 11) is 1.87. The Morgan fingerprint density at radius 2 is 2.23 bits per heavy atom. The molecule has 0 saturated heterocycles. The van der Waals surface area contributed by atoms with E-state index < -0.39 is 0 Å². The Morgan fingerprint density at radius 3 is 2.77 bits per heavy atom. The average molecular weight is 175 g/mol. The molecule has 2 aromatic rings. The number of nitrogens with two attached hydrogens (primary N) is 1. The lowest BCUT2D eigenvalue weighted by molar-refractivity contribution is 0.914. The first-order chi connectivity index (χ1) is 6.27. The van der Waals surface area contributed by atoms with Crippen molar-refractivity contribution in [2.24, 2.45) is 7.05 Å². The molecule has 0 aliphatic carbocycles. The molecular formula is C8H9N5. The summed E-state index contributed by atoms with van der Waals surface area (Å²) in [6.45, 7) is 0. The molecule has 0 aromatic carbocycles. The first-order valence-electron chi connectivity index (χ1n) is 3.83. The second-order valence-corrected chi connectivity index (χ2v) is 2.74. The molecule has 0 unspecified atom stereocenters. The monoisotopic (exact) mass is 175 g/mol. The van der Waals surface area contributed by atoms with Gasteiger partial charge in [-0.05, 0) is 12.1 Å². The van der Waals surface area contributed by atoms with Crippen molar-refractivity contribution in [1.82, 2.24) is 19.7 Å². The molecule has 13 heavy (non-hydrogen) atoms. The SMILES string of the molecule is Cn1cnnc1-c1ccc(N)cn1. The summed E-state index contributed by atoms with van der Waals surface area (Å²) in [5.74, 6) is 0.736. The number of rotatable bonds is 1. The van der Waals surface area contributed by atoms with Crippen molar-refractivity contribution in [2.75, 3.05) is 5.73 Å². The Balaban J connectivity index is 2.47. The van der Waals surface area contributed by atoms with Crippen molar-refractivity contribution >= 4 is 5.69 Å². The number of anilines is 1. The van der Waals surface area contributed by atoms with Gasteiger partial charge in [-0.3, -0.25) is 4.98 Å². The summed E-state index contributed by atoms with van der Waals surface area (Å²) in [6.07, 6.45) is 3.23. The van der Waals surface area contributed by atoms with E-state index in [0.29, 0.717) is 5.69 Å². The van der Waals surface area contributed by atoms with E-state index in [9.17, 15) is 0 Å². The third kappa shape index (κ3) is 1.35. The van der Waals surface area contributed by atoms with Gasteiger partial charge in [-0.1, -0.05) is 0 Å². The van der Waals surface area contributed by atoms with E-state index in [-0.39, 0.29) is 0 Å². The van der Waals surface area contributed by atoms with Crippen LogP contribution in [-0.2, 0) is 7.05 Å². The highest BCUT2D eigenvalue weighted by molar-refractivity contribution is 5.51. The molecule has 2 heterocycles. The summed E-state index contributed by atoms with van der Waals surface area (Å²) in [6, 6.07) is 3.61. The molecule has 5 heteroatoms. The van der Waals surface area contributed by atoms with Gasteiger partial charge in [-0.2, -0.15) is 0 Å². The number of aromatic nitrogens is 4. The zero-order valence-corrected chi connectivity index (χ0v) is 7.18. The lowest BCUT2D eigenvalue weighted by atomic mass is 10.3. The van der Waals surface area contributed by atoms with E-state index in [1.807, 2.05) is 13.1 Å². The molecule has 2 rings (SSSR count). The molecule has 5 nitrogen and oxygen atoms in total. The quantitative estimate of drug-likeness (QED) is 0.683. The van der Waals surface area contributed by atoms with Gasteiger partial charge in [0.15, 0.2) is 5.82 Å². The Morgan fingerprint density at radius 1 is 1.38 bits per heavy atom. The zero-order chi connectivity index (χ0) is 9.26. The van der Waals surface area contributed by atoms with E-state index in [1.165, 1.54) is 0 Å². The first-order valence-corrected chi connectivity index (χ1v) is 3.83. The smallest absolute Gasteiger partial charge is 0.182 e. The Kier molecular flexibility index (Phi) is 1.70. The topological polar surface area (TPSA) is 69.6 Å². The maximum Gasteiger partial charge on any atom is 0.182 e. The molecule has 0 radical (unpaired) electrons. The predicted molar refractivity (Wildman–Crippen MR) is 48.6 cm³/mol. The highest BCUT2D eigenvalue weighted by Gasteiger charge is 2.04. The molecule has 0 bridgehead atoms. The van der Waals surface area contributed by atoms with Crippen LogP contribution in [0.1, 0.15) is 0 Å². The van der Waals surface area contributed by atoms with E-state index in [0.717, 1.165) is 11.5 Å². The van der Waals surface area contributed by atoms with Gasteiger partial charge in [0.2, 0.25) is 0 Å².